The molecule has 70 valence electrons. The van der Waals surface area contributed by atoms with Gasteiger partial charge in [0.15, 0.2) is 0 Å². The molecule has 0 unspecified atom stereocenters. The van der Waals surface area contributed by atoms with Crippen molar-refractivity contribution in [1.29, 1.82) is 0 Å². The van der Waals surface area contributed by atoms with Crippen molar-refractivity contribution in [2.24, 2.45) is 0 Å². The van der Waals surface area contributed by atoms with Crippen molar-refractivity contribution in [2.45, 2.75) is 0 Å². The summed E-state index contributed by atoms with van der Waals surface area (Å²) in [7, 11) is 0. The molecule has 1 heterocycles. The molecule has 2 nitrogen and oxygen atoms in total. The SMILES string of the molecule is Fc1ccc(-c2nccnc2Br)cc1. The van der Waals surface area contributed by atoms with Crippen molar-refractivity contribution in [3.63, 3.8) is 0 Å². The van der Waals surface area contributed by atoms with Crippen LogP contribution < -0.4 is 0 Å². The molecule has 0 amide bonds. The summed E-state index contributed by atoms with van der Waals surface area (Å²) >= 11 is 3.28. The summed E-state index contributed by atoms with van der Waals surface area (Å²) in [4.78, 5) is 8.18. The fourth-order valence-corrected chi connectivity index (χ4v) is 1.57. The maximum atomic E-state index is 12.7. The number of benzene rings is 1. The normalized spacial score (nSPS) is 10.1. The van der Waals surface area contributed by atoms with E-state index in [2.05, 4.69) is 25.9 Å². The van der Waals surface area contributed by atoms with Crippen LogP contribution in [0, 0.1) is 5.82 Å². The molecule has 1 aromatic carbocycles. The summed E-state index contributed by atoms with van der Waals surface area (Å²) in [5.74, 6) is -0.256. The summed E-state index contributed by atoms with van der Waals surface area (Å²) in [6.07, 6.45) is 3.19. The quantitative estimate of drug-likeness (QED) is 0.780. The van der Waals surface area contributed by atoms with E-state index < -0.39 is 0 Å². The van der Waals surface area contributed by atoms with E-state index in [1.54, 1.807) is 24.5 Å². The third kappa shape index (κ3) is 1.80. The predicted octanol–water partition coefficient (Wildman–Crippen LogP) is 3.05. The maximum Gasteiger partial charge on any atom is 0.132 e. The Morgan fingerprint density at radius 1 is 1.00 bits per heavy atom. The molecule has 4 heteroatoms. The summed E-state index contributed by atoms with van der Waals surface area (Å²) in [5.41, 5.74) is 1.55. The van der Waals surface area contributed by atoms with Crippen LogP contribution in [-0.2, 0) is 0 Å². The van der Waals surface area contributed by atoms with Crippen molar-refractivity contribution in [3.8, 4) is 11.3 Å². The fourth-order valence-electron chi connectivity index (χ4n) is 1.12. The van der Waals surface area contributed by atoms with Crippen molar-refractivity contribution in [3.05, 3.63) is 47.1 Å². The molecule has 0 saturated heterocycles. The second-order valence-corrected chi connectivity index (χ2v) is 3.45. The van der Waals surface area contributed by atoms with Gasteiger partial charge in [-0.25, -0.2) is 9.37 Å². The molecule has 0 aliphatic heterocycles. The number of nitrogens with zero attached hydrogens (tertiary/aromatic N) is 2. The topological polar surface area (TPSA) is 25.8 Å². The van der Waals surface area contributed by atoms with Gasteiger partial charge in [0.25, 0.3) is 0 Å². The highest BCUT2D eigenvalue weighted by Crippen LogP contribution is 2.23. The smallest absolute Gasteiger partial charge is 0.132 e. The van der Waals surface area contributed by atoms with Crippen LogP contribution in [0.4, 0.5) is 4.39 Å². The Morgan fingerprint density at radius 2 is 1.64 bits per heavy atom. The van der Waals surface area contributed by atoms with Gasteiger partial charge in [-0.2, -0.15) is 0 Å². The van der Waals surface area contributed by atoms with Gasteiger partial charge in [0.1, 0.15) is 16.1 Å². The molecule has 0 aliphatic rings. The lowest BCUT2D eigenvalue weighted by molar-refractivity contribution is 0.628. The van der Waals surface area contributed by atoms with E-state index >= 15 is 0 Å². The highest BCUT2D eigenvalue weighted by Gasteiger charge is 2.04. The van der Waals surface area contributed by atoms with Crippen molar-refractivity contribution < 1.29 is 4.39 Å². The molecule has 2 rings (SSSR count). The Kier molecular flexibility index (Phi) is 2.54. The molecule has 1 aromatic heterocycles. The Labute approximate surface area is 89.0 Å². The first-order valence-electron chi connectivity index (χ1n) is 4.00. The zero-order valence-corrected chi connectivity index (χ0v) is 8.70. The van der Waals surface area contributed by atoms with Gasteiger partial charge in [0.2, 0.25) is 0 Å². The standard InChI is InChI=1S/C10H6BrFN2/c11-10-9(13-5-6-14-10)7-1-3-8(12)4-2-7/h1-6H. The lowest BCUT2D eigenvalue weighted by Gasteiger charge is -2.01. The van der Waals surface area contributed by atoms with E-state index in [0.717, 1.165) is 5.56 Å². The van der Waals surface area contributed by atoms with E-state index in [1.807, 2.05) is 0 Å². The highest BCUT2D eigenvalue weighted by atomic mass is 79.9. The second-order valence-electron chi connectivity index (χ2n) is 2.70. The molecule has 0 radical (unpaired) electrons. The van der Waals surface area contributed by atoms with Gasteiger partial charge in [-0.3, -0.25) is 4.98 Å². The second kappa shape index (κ2) is 3.84. The van der Waals surface area contributed by atoms with Crippen molar-refractivity contribution >= 4 is 15.9 Å². The number of halogens is 2. The van der Waals surface area contributed by atoms with Gasteiger partial charge in [0, 0.05) is 18.0 Å². The third-order valence-electron chi connectivity index (χ3n) is 1.77. The first-order valence-corrected chi connectivity index (χ1v) is 4.79. The molecule has 0 bridgehead atoms. The minimum Gasteiger partial charge on any atom is -0.252 e. The maximum absolute atomic E-state index is 12.7. The molecular formula is C10H6BrFN2. The van der Waals surface area contributed by atoms with E-state index in [0.29, 0.717) is 10.3 Å². The predicted molar refractivity (Wildman–Crippen MR) is 55.1 cm³/mol. The van der Waals surface area contributed by atoms with E-state index in [9.17, 15) is 4.39 Å². The lowest BCUT2D eigenvalue weighted by atomic mass is 10.2. The average Bonchev–Trinajstić information content (AvgIpc) is 2.20. The minimum atomic E-state index is -0.256. The van der Waals surface area contributed by atoms with Crippen LogP contribution in [-0.4, -0.2) is 9.97 Å². The molecule has 0 aliphatic carbocycles. The van der Waals surface area contributed by atoms with Gasteiger partial charge in [-0.05, 0) is 40.2 Å². The molecule has 0 spiro atoms. The highest BCUT2D eigenvalue weighted by molar-refractivity contribution is 9.10. The van der Waals surface area contributed by atoms with Crippen LogP contribution in [0.1, 0.15) is 0 Å². The van der Waals surface area contributed by atoms with Crippen LogP contribution in [0.25, 0.3) is 11.3 Å². The summed E-state index contributed by atoms with van der Waals surface area (Å²) in [6.45, 7) is 0. The monoisotopic (exact) mass is 252 g/mol. The number of rotatable bonds is 1. The summed E-state index contributed by atoms with van der Waals surface area (Å²) < 4.78 is 13.3. The van der Waals surface area contributed by atoms with Gasteiger partial charge in [0.05, 0.1) is 0 Å². The molecule has 0 atom stereocenters. The number of aromatic nitrogens is 2. The average molecular weight is 253 g/mol. The zero-order chi connectivity index (χ0) is 9.97. The molecular weight excluding hydrogens is 247 g/mol. The van der Waals surface area contributed by atoms with E-state index in [-0.39, 0.29) is 5.82 Å². The summed E-state index contributed by atoms with van der Waals surface area (Å²) in [5, 5.41) is 0. The largest absolute Gasteiger partial charge is 0.252 e. The molecule has 0 fully saturated rings. The number of hydrogen-bond acceptors (Lipinski definition) is 2. The van der Waals surface area contributed by atoms with Gasteiger partial charge in [-0.1, -0.05) is 0 Å². The first-order chi connectivity index (χ1) is 6.77. The van der Waals surface area contributed by atoms with Gasteiger partial charge >= 0.3 is 0 Å². The van der Waals surface area contributed by atoms with Crippen molar-refractivity contribution in [1.82, 2.24) is 9.97 Å². The molecule has 14 heavy (non-hydrogen) atoms. The Morgan fingerprint density at radius 3 is 2.29 bits per heavy atom. The van der Waals surface area contributed by atoms with E-state index in [1.165, 1.54) is 12.1 Å². The van der Waals surface area contributed by atoms with Crippen molar-refractivity contribution in [2.75, 3.05) is 0 Å². The molecule has 2 aromatic rings. The van der Waals surface area contributed by atoms with Crippen LogP contribution >= 0.6 is 15.9 Å². The van der Waals surface area contributed by atoms with Gasteiger partial charge < -0.3 is 0 Å². The Hall–Kier alpha value is -1.29. The van der Waals surface area contributed by atoms with Crippen LogP contribution in [0.2, 0.25) is 0 Å². The van der Waals surface area contributed by atoms with Crippen LogP contribution in [0.3, 0.4) is 0 Å². The van der Waals surface area contributed by atoms with Gasteiger partial charge in [-0.15, -0.1) is 0 Å². The Balaban J connectivity index is 2.50. The zero-order valence-electron chi connectivity index (χ0n) is 7.11. The van der Waals surface area contributed by atoms with E-state index in [4.69, 9.17) is 0 Å². The fraction of sp³-hybridized carbons (Fsp3) is 0. The molecule has 0 N–H and O–H groups in total. The summed E-state index contributed by atoms with van der Waals surface area (Å²) in [6, 6.07) is 6.14. The number of hydrogen-bond donors (Lipinski definition) is 0. The third-order valence-corrected chi connectivity index (χ3v) is 2.35. The van der Waals surface area contributed by atoms with Crippen LogP contribution in [0.5, 0.6) is 0 Å². The van der Waals surface area contributed by atoms with Crippen LogP contribution in [0.15, 0.2) is 41.3 Å². The molecule has 0 saturated carbocycles. The first kappa shape index (κ1) is 9.27. The lowest BCUT2D eigenvalue weighted by Crippen LogP contribution is -1.87. The minimum absolute atomic E-state index is 0.256. The Bertz CT molecular complexity index is 442.